The van der Waals surface area contributed by atoms with Crippen molar-refractivity contribution in [2.24, 2.45) is 0 Å². The first-order valence-electron chi connectivity index (χ1n) is 6.64. The number of hydrogen-bond acceptors (Lipinski definition) is 2. The smallest absolute Gasteiger partial charge is 0.224 e. The molecule has 0 aliphatic carbocycles. The molecule has 1 saturated heterocycles. The lowest BCUT2D eigenvalue weighted by atomic mass is 9.96. The summed E-state index contributed by atoms with van der Waals surface area (Å²) >= 11 is 6.09. The molecule has 1 amide bonds. The summed E-state index contributed by atoms with van der Waals surface area (Å²) in [5.74, 6) is -0.394. The summed E-state index contributed by atoms with van der Waals surface area (Å²) in [6, 6.07) is 9.44. The van der Waals surface area contributed by atoms with Crippen LogP contribution in [0.4, 0.5) is 0 Å². The summed E-state index contributed by atoms with van der Waals surface area (Å²) in [4.78, 5) is 14.0. The Morgan fingerprint density at radius 2 is 2.00 bits per heavy atom. The molecule has 19 heavy (non-hydrogen) atoms. The molecule has 3 nitrogen and oxygen atoms in total. The molecule has 1 heterocycles. The summed E-state index contributed by atoms with van der Waals surface area (Å²) in [5.41, 5.74) is 0.747. The van der Waals surface area contributed by atoms with Crippen molar-refractivity contribution in [3.8, 4) is 6.07 Å². The van der Waals surface area contributed by atoms with Crippen molar-refractivity contribution in [1.82, 2.24) is 4.90 Å². The number of carbonyl (C=O) groups excluding carboxylic acids is 1. The quantitative estimate of drug-likeness (QED) is 0.850. The zero-order valence-corrected chi connectivity index (χ0v) is 11.6. The highest BCUT2D eigenvalue weighted by Gasteiger charge is 2.22. The van der Waals surface area contributed by atoms with Crippen molar-refractivity contribution in [3.63, 3.8) is 0 Å². The lowest BCUT2D eigenvalue weighted by molar-refractivity contribution is -0.132. The summed E-state index contributed by atoms with van der Waals surface area (Å²) < 4.78 is 0. The van der Waals surface area contributed by atoms with Crippen molar-refractivity contribution in [1.29, 1.82) is 5.26 Å². The third-order valence-electron chi connectivity index (χ3n) is 3.52. The van der Waals surface area contributed by atoms with Crippen molar-refractivity contribution < 1.29 is 4.79 Å². The zero-order valence-electron chi connectivity index (χ0n) is 10.8. The average Bonchev–Trinajstić information content (AvgIpc) is 2.46. The minimum absolute atomic E-state index is 0.0613. The van der Waals surface area contributed by atoms with E-state index in [1.165, 1.54) is 6.42 Å². The van der Waals surface area contributed by atoms with Gasteiger partial charge in [-0.15, -0.1) is 0 Å². The number of amides is 1. The molecule has 1 aromatic carbocycles. The van der Waals surface area contributed by atoms with Gasteiger partial charge in [0, 0.05) is 24.5 Å². The number of halogens is 1. The Morgan fingerprint density at radius 3 is 2.63 bits per heavy atom. The standard InChI is InChI=1S/C15H17ClN2O/c16-14-7-3-2-6-13(14)12(11-17)10-15(19)18-8-4-1-5-9-18/h2-3,6-7,12H,1,4-5,8-10H2. The van der Waals surface area contributed by atoms with Gasteiger partial charge in [0.25, 0.3) is 0 Å². The molecule has 1 atom stereocenters. The molecule has 2 rings (SSSR count). The molecular weight excluding hydrogens is 260 g/mol. The Labute approximate surface area is 118 Å². The van der Waals surface area contributed by atoms with E-state index in [0.717, 1.165) is 31.5 Å². The van der Waals surface area contributed by atoms with Crippen LogP contribution in [0.1, 0.15) is 37.2 Å². The highest BCUT2D eigenvalue weighted by atomic mass is 35.5. The molecule has 100 valence electrons. The first-order valence-corrected chi connectivity index (χ1v) is 7.02. The van der Waals surface area contributed by atoms with Crippen LogP contribution in [0.15, 0.2) is 24.3 Å². The molecular formula is C15H17ClN2O. The Balaban J connectivity index is 2.05. The monoisotopic (exact) mass is 276 g/mol. The van der Waals surface area contributed by atoms with Crippen LogP contribution in [-0.2, 0) is 4.79 Å². The van der Waals surface area contributed by atoms with E-state index in [4.69, 9.17) is 11.6 Å². The second-order valence-corrected chi connectivity index (χ2v) is 5.26. The van der Waals surface area contributed by atoms with Gasteiger partial charge in [0.2, 0.25) is 5.91 Å². The fraction of sp³-hybridized carbons (Fsp3) is 0.467. The van der Waals surface area contributed by atoms with Crippen LogP contribution in [0.5, 0.6) is 0 Å². The molecule has 0 spiro atoms. The van der Waals surface area contributed by atoms with Crippen LogP contribution in [0.25, 0.3) is 0 Å². The van der Waals surface area contributed by atoms with Gasteiger partial charge in [-0.05, 0) is 30.9 Å². The van der Waals surface area contributed by atoms with Gasteiger partial charge in [-0.1, -0.05) is 29.8 Å². The predicted octanol–water partition coefficient (Wildman–Crippen LogP) is 3.35. The molecule has 0 saturated carbocycles. The Bertz CT molecular complexity index is 489. The summed E-state index contributed by atoms with van der Waals surface area (Å²) in [7, 11) is 0. The highest BCUT2D eigenvalue weighted by molar-refractivity contribution is 6.31. The maximum atomic E-state index is 12.2. The molecule has 0 N–H and O–H groups in total. The van der Waals surface area contributed by atoms with Gasteiger partial charge in [0.05, 0.1) is 12.0 Å². The van der Waals surface area contributed by atoms with Crippen LogP contribution >= 0.6 is 11.6 Å². The van der Waals surface area contributed by atoms with Gasteiger partial charge < -0.3 is 4.90 Å². The summed E-state index contributed by atoms with van der Waals surface area (Å²) in [6.07, 6.45) is 3.54. The third-order valence-corrected chi connectivity index (χ3v) is 3.87. The largest absolute Gasteiger partial charge is 0.343 e. The minimum Gasteiger partial charge on any atom is -0.343 e. The number of hydrogen-bond donors (Lipinski definition) is 0. The lowest BCUT2D eigenvalue weighted by Gasteiger charge is -2.27. The third kappa shape index (κ3) is 3.48. The number of benzene rings is 1. The topological polar surface area (TPSA) is 44.1 Å². The normalized spacial score (nSPS) is 16.7. The van der Waals surface area contributed by atoms with Gasteiger partial charge in [-0.3, -0.25) is 4.79 Å². The van der Waals surface area contributed by atoms with E-state index >= 15 is 0 Å². The SMILES string of the molecule is N#CC(CC(=O)N1CCCCC1)c1ccccc1Cl. The zero-order chi connectivity index (χ0) is 13.7. The van der Waals surface area contributed by atoms with Crippen molar-refractivity contribution >= 4 is 17.5 Å². The second-order valence-electron chi connectivity index (χ2n) is 4.85. The first kappa shape index (κ1) is 13.9. The van der Waals surface area contributed by atoms with Crippen LogP contribution in [-0.4, -0.2) is 23.9 Å². The van der Waals surface area contributed by atoms with E-state index in [-0.39, 0.29) is 12.3 Å². The van der Waals surface area contributed by atoms with Crippen molar-refractivity contribution in [2.75, 3.05) is 13.1 Å². The van der Waals surface area contributed by atoms with Gasteiger partial charge in [0.15, 0.2) is 0 Å². The number of carbonyl (C=O) groups is 1. The molecule has 0 bridgehead atoms. The first-order chi connectivity index (χ1) is 9.22. The van der Waals surface area contributed by atoms with E-state index in [2.05, 4.69) is 6.07 Å². The Kier molecular flexibility index (Phi) is 4.81. The van der Waals surface area contributed by atoms with Crippen molar-refractivity contribution in [3.05, 3.63) is 34.9 Å². The summed E-state index contributed by atoms with van der Waals surface area (Å²) in [6.45, 7) is 1.64. The average molecular weight is 277 g/mol. The minimum atomic E-state index is -0.455. The van der Waals surface area contributed by atoms with Gasteiger partial charge in [-0.25, -0.2) is 0 Å². The molecule has 0 aromatic heterocycles. The lowest BCUT2D eigenvalue weighted by Crippen LogP contribution is -2.36. The maximum absolute atomic E-state index is 12.2. The highest BCUT2D eigenvalue weighted by Crippen LogP contribution is 2.27. The number of nitriles is 1. The van der Waals surface area contributed by atoms with E-state index in [0.29, 0.717) is 5.02 Å². The van der Waals surface area contributed by atoms with Gasteiger partial charge >= 0.3 is 0 Å². The van der Waals surface area contributed by atoms with Gasteiger partial charge in [0.1, 0.15) is 0 Å². The molecule has 0 radical (unpaired) electrons. The van der Waals surface area contributed by atoms with E-state index in [1.807, 2.05) is 23.1 Å². The van der Waals surface area contributed by atoms with E-state index < -0.39 is 5.92 Å². The van der Waals surface area contributed by atoms with Crippen LogP contribution < -0.4 is 0 Å². The number of piperidine rings is 1. The Hall–Kier alpha value is -1.53. The molecule has 1 aliphatic heterocycles. The van der Waals surface area contributed by atoms with E-state index in [1.54, 1.807) is 6.07 Å². The van der Waals surface area contributed by atoms with E-state index in [9.17, 15) is 10.1 Å². The molecule has 1 unspecified atom stereocenters. The van der Waals surface area contributed by atoms with Crippen LogP contribution in [0.2, 0.25) is 5.02 Å². The summed E-state index contributed by atoms with van der Waals surface area (Å²) in [5, 5.41) is 9.83. The van der Waals surface area contributed by atoms with Crippen LogP contribution in [0, 0.1) is 11.3 Å². The molecule has 1 fully saturated rings. The Morgan fingerprint density at radius 1 is 1.32 bits per heavy atom. The second kappa shape index (κ2) is 6.58. The molecule has 1 aliphatic rings. The maximum Gasteiger partial charge on any atom is 0.224 e. The molecule has 1 aromatic rings. The fourth-order valence-electron chi connectivity index (χ4n) is 2.43. The predicted molar refractivity (Wildman–Crippen MR) is 74.9 cm³/mol. The number of nitrogens with zero attached hydrogens (tertiary/aromatic N) is 2. The molecule has 4 heteroatoms. The fourth-order valence-corrected chi connectivity index (χ4v) is 2.70. The number of likely N-dealkylation sites (tertiary alicyclic amines) is 1. The number of rotatable bonds is 3. The van der Waals surface area contributed by atoms with Crippen LogP contribution in [0.3, 0.4) is 0 Å². The van der Waals surface area contributed by atoms with Crippen molar-refractivity contribution in [2.45, 2.75) is 31.6 Å². The van der Waals surface area contributed by atoms with Gasteiger partial charge in [-0.2, -0.15) is 5.26 Å².